The van der Waals surface area contributed by atoms with Crippen LogP contribution < -0.4 is 0 Å². The van der Waals surface area contributed by atoms with Gasteiger partial charge in [0.25, 0.3) is 11.8 Å². The third-order valence-corrected chi connectivity index (χ3v) is 7.22. The average molecular weight is 475 g/mol. The van der Waals surface area contributed by atoms with Crippen LogP contribution in [0.1, 0.15) is 27.1 Å². The molecule has 8 nitrogen and oxygen atoms in total. The summed E-state index contributed by atoms with van der Waals surface area (Å²) in [5.41, 5.74) is 1.32. The number of benzene rings is 2. The topological polar surface area (TPSA) is 81.2 Å². The van der Waals surface area contributed by atoms with Gasteiger partial charge in [-0.2, -0.15) is 0 Å². The maximum atomic E-state index is 13.0. The molecule has 182 valence electrons. The molecule has 0 N–H and O–H groups in total. The van der Waals surface area contributed by atoms with E-state index in [9.17, 15) is 19.2 Å². The normalized spacial score (nSPS) is 22.1. The first-order chi connectivity index (χ1) is 17.0. The molecule has 2 atom stereocenters. The monoisotopic (exact) mass is 474 g/mol. The third kappa shape index (κ3) is 4.92. The zero-order chi connectivity index (χ0) is 24.4. The second-order valence-electron chi connectivity index (χ2n) is 9.42. The summed E-state index contributed by atoms with van der Waals surface area (Å²) in [5, 5.41) is 0. The highest BCUT2D eigenvalue weighted by molar-refractivity contribution is 5.96. The Morgan fingerprint density at radius 3 is 1.14 bits per heavy atom. The summed E-state index contributed by atoms with van der Waals surface area (Å²) in [6.45, 7) is 3.99. The van der Waals surface area contributed by atoms with Crippen molar-refractivity contribution < 1.29 is 19.2 Å². The molecular formula is C27H30N4O4. The predicted molar refractivity (Wildman–Crippen MR) is 129 cm³/mol. The standard InChI is InChI=1S/C27H30N4O4/c32-24(20-7-3-1-4-8-20)28-11-15-30(16-12-28)26(34)22-19-23(22)27(35)31-17-13-29(14-18-31)25(33)21-9-5-2-6-10-21/h1-10,22-23H,11-19H2/t22-,23-/m1/s1. The summed E-state index contributed by atoms with van der Waals surface area (Å²) < 4.78 is 0. The van der Waals surface area contributed by atoms with Gasteiger partial charge in [-0.05, 0) is 30.7 Å². The van der Waals surface area contributed by atoms with Crippen LogP contribution in [0.5, 0.6) is 0 Å². The van der Waals surface area contributed by atoms with Crippen LogP contribution in [0, 0.1) is 11.8 Å². The number of hydrogen-bond donors (Lipinski definition) is 0. The Bertz CT molecular complexity index is 1000. The van der Waals surface area contributed by atoms with Gasteiger partial charge in [0.2, 0.25) is 11.8 Å². The zero-order valence-electron chi connectivity index (χ0n) is 19.7. The van der Waals surface area contributed by atoms with E-state index in [0.29, 0.717) is 69.9 Å². The van der Waals surface area contributed by atoms with Crippen molar-refractivity contribution in [2.45, 2.75) is 6.42 Å². The summed E-state index contributed by atoms with van der Waals surface area (Å²) in [4.78, 5) is 58.4. The number of carbonyl (C=O) groups excluding carboxylic acids is 4. The Morgan fingerprint density at radius 2 is 0.800 bits per heavy atom. The Labute approximate surface area is 205 Å². The van der Waals surface area contributed by atoms with Crippen molar-refractivity contribution in [2.24, 2.45) is 11.8 Å². The van der Waals surface area contributed by atoms with Gasteiger partial charge in [0.15, 0.2) is 0 Å². The first-order valence-corrected chi connectivity index (χ1v) is 12.3. The molecule has 0 radical (unpaired) electrons. The second kappa shape index (κ2) is 9.90. The lowest BCUT2D eigenvalue weighted by molar-refractivity contribution is -0.139. The Morgan fingerprint density at radius 1 is 0.486 bits per heavy atom. The molecule has 35 heavy (non-hydrogen) atoms. The van der Waals surface area contributed by atoms with E-state index in [-0.39, 0.29) is 35.5 Å². The van der Waals surface area contributed by atoms with Crippen molar-refractivity contribution in [3.63, 3.8) is 0 Å². The fourth-order valence-corrected chi connectivity index (χ4v) is 5.00. The van der Waals surface area contributed by atoms with Crippen LogP contribution in [-0.4, -0.2) is 95.6 Å². The lowest BCUT2D eigenvalue weighted by Crippen LogP contribution is -2.52. The molecule has 3 fully saturated rings. The highest BCUT2D eigenvalue weighted by atomic mass is 16.2. The van der Waals surface area contributed by atoms with Crippen LogP contribution >= 0.6 is 0 Å². The molecule has 5 rings (SSSR count). The maximum absolute atomic E-state index is 13.0. The number of nitrogens with zero attached hydrogens (tertiary/aromatic N) is 4. The average Bonchev–Trinajstić information content (AvgIpc) is 3.74. The fourth-order valence-electron chi connectivity index (χ4n) is 5.00. The van der Waals surface area contributed by atoms with E-state index >= 15 is 0 Å². The minimum Gasteiger partial charge on any atom is -0.339 e. The van der Waals surface area contributed by atoms with Gasteiger partial charge in [0.1, 0.15) is 0 Å². The van der Waals surface area contributed by atoms with Gasteiger partial charge < -0.3 is 19.6 Å². The quantitative estimate of drug-likeness (QED) is 0.674. The van der Waals surface area contributed by atoms with E-state index in [1.54, 1.807) is 43.9 Å². The molecule has 2 saturated heterocycles. The molecule has 0 bridgehead atoms. The van der Waals surface area contributed by atoms with Crippen LogP contribution in [0.3, 0.4) is 0 Å². The van der Waals surface area contributed by atoms with E-state index in [2.05, 4.69) is 0 Å². The minimum absolute atomic E-state index is 0.0120. The molecule has 1 saturated carbocycles. The van der Waals surface area contributed by atoms with Gasteiger partial charge in [-0.1, -0.05) is 36.4 Å². The SMILES string of the molecule is O=C(c1ccccc1)N1CCN(C(=O)[C@@H]2C[C@H]2C(=O)N2CCN(C(=O)c3ccccc3)CC2)CC1. The number of amides is 4. The molecule has 2 aliphatic heterocycles. The Balaban J connectivity index is 1.08. The van der Waals surface area contributed by atoms with E-state index in [1.165, 1.54) is 0 Å². The van der Waals surface area contributed by atoms with E-state index < -0.39 is 0 Å². The van der Waals surface area contributed by atoms with Crippen molar-refractivity contribution in [1.29, 1.82) is 0 Å². The Hall–Kier alpha value is -3.68. The lowest BCUT2D eigenvalue weighted by atomic mass is 10.1. The molecular weight excluding hydrogens is 444 g/mol. The summed E-state index contributed by atoms with van der Waals surface area (Å²) in [5.74, 6) is -0.504. The maximum Gasteiger partial charge on any atom is 0.253 e. The van der Waals surface area contributed by atoms with Crippen LogP contribution in [0.2, 0.25) is 0 Å². The highest BCUT2D eigenvalue weighted by Crippen LogP contribution is 2.41. The molecule has 2 aromatic carbocycles. The smallest absolute Gasteiger partial charge is 0.253 e. The molecule has 1 aliphatic carbocycles. The summed E-state index contributed by atoms with van der Waals surface area (Å²) in [6, 6.07) is 18.4. The summed E-state index contributed by atoms with van der Waals surface area (Å²) in [7, 11) is 0. The number of carbonyl (C=O) groups is 4. The second-order valence-corrected chi connectivity index (χ2v) is 9.42. The van der Waals surface area contributed by atoms with Crippen molar-refractivity contribution in [1.82, 2.24) is 19.6 Å². The molecule has 0 spiro atoms. The molecule has 0 unspecified atom stereocenters. The van der Waals surface area contributed by atoms with Gasteiger partial charge in [-0.25, -0.2) is 0 Å². The van der Waals surface area contributed by atoms with Gasteiger partial charge in [-0.3, -0.25) is 19.2 Å². The van der Waals surface area contributed by atoms with Crippen LogP contribution in [0.15, 0.2) is 60.7 Å². The fraction of sp³-hybridized carbons (Fsp3) is 0.407. The number of piperazine rings is 2. The molecule has 0 aromatic heterocycles. The van der Waals surface area contributed by atoms with Crippen LogP contribution in [0.25, 0.3) is 0 Å². The van der Waals surface area contributed by atoms with E-state index in [0.717, 1.165) is 0 Å². The van der Waals surface area contributed by atoms with Gasteiger partial charge in [0, 0.05) is 63.5 Å². The summed E-state index contributed by atoms with van der Waals surface area (Å²) in [6.07, 6.45) is 0.587. The van der Waals surface area contributed by atoms with Crippen molar-refractivity contribution >= 4 is 23.6 Å². The van der Waals surface area contributed by atoms with Crippen molar-refractivity contribution in [2.75, 3.05) is 52.4 Å². The van der Waals surface area contributed by atoms with Gasteiger partial charge in [-0.15, -0.1) is 0 Å². The van der Waals surface area contributed by atoms with Gasteiger partial charge in [0.05, 0.1) is 11.8 Å². The van der Waals surface area contributed by atoms with Gasteiger partial charge >= 0.3 is 0 Å². The third-order valence-electron chi connectivity index (χ3n) is 7.22. The molecule has 2 aromatic rings. The summed E-state index contributed by atoms with van der Waals surface area (Å²) >= 11 is 0. The van der Waals surface area contributed by atoms with Crippen molar-refractivity contribution in [3.05, 3.63) is 71.8 Å². The lowest BCUT2D eigenvalue weighted by Gasteiger charge is -2.36. The molecule has 8 heteroatoms. The number of rotatable bonds is 4. The predicted octanol–water partition coefficient (Wildman–Crippen LogP) is 1.59. The molecule has 4 amide bonds. The minimum atomic E-state index is -0.261. The van der Waals surface area contributed by atoms with Crippen LogP contribution in [-0.2, 0) is 9.59 Å². The Kier molecular flexibility index (Phi) is 6.53. The first-order valence-electron chi connectivity index (χ1n) is 12.3. The zero-order valence-corrected chi connectivity index (χ0v) is 19.7. The van der Waals surface area contributed by atoms with Crippen LogP contribution in [0.4, 0.5) is 0 Å². The largest absolute Gasteiger partial charge is 0.339 e. The van der Waals surface area contributed by atoms with E-state index in [1.807, 2.05) is 36.4 Å². The first kappa shape index (κ1) is 23.1. The van der Waals surface area contributed by atoms with E-state index in [4.69, 9.17) is 0 Å². The van der Waals surface area contributed by atoms with Crippen molar-refractivity contribution in [3.8, 4) is 0 Å². The number of hydrogen-bond acceptors (Lipinski definition) is 4. The highest BCUT2D eigenvalue weighted by Gasteiger charge is 2.51. The molecule has 2 heterocycles. The molecule has 3 aliphatic rings.